The molecule has 0 bridgehead atoms. The summed E-state index contributed by atoms with van der Waals surface area (Å²) in [5.41, 5.74) is 2.39. The predicted octanol–water partition coefficient (Wildman–Crippen LogP) is 2.69. The Morgan fingerprint density at radius 2 is 1.71 bits per heavy atom. The minimum atomic E-state index is 0.603. The van der Waals surface area contributed by atoms with Crippen molar-refractivity contribution in [2.75, 3.05) is 39.4 Å². The summed E-state index contributed by atoms with van der Waals surface area (Å²) >= 11 is 0. The minimum absolute atomic E-state index is 0.603. The van der Waals surface area contributed by atoms with E-state index in [9.17, 15) is 0 Å². The fourth-order valence-corrected chi connectivity index (χ4v) is 2.81. The van der Waals surface area contributed by atoms with Crippen LogP contribution in [0.4, 0.5) is 0 Å². The number of para-hydroxylation sites is 1. The molecule has 2 aromatic rings. The Morgan fingerprint density at radius 3 is 2.54 bits per heavy atom. The number of morpholine rings is 1. The van der Waals surface area contributed by atoms with Gasteiger partial charge in [-0.05, 0) is 11.6 Å². The molecule has 3 rings (SSSR count). The third kappa shape index (κ3) is 5.34. The molecule has 128 valence electrons. The van der Waals surface area contributed by atoms with Crippen molar-refractivity contribution in [2.24, 2.45) is 0 Å². The van der Waals surface area contributed by atoms with Gasteiger partial charge in [-0.2, -0.15) is 0 Å². The maximum atomic E-state index is 6.00. The summed E-state index contributed by atoms with van der Waals surface area (Å²) in [5.74, 6) is 0.959. The molecule has 4 nitrogen and oxygen atoms in total. The van der Waals surface area contributed by atoms with Crippen molar-refractivity contribution in [2.45, 2.75) is 13.2 Å². The monoisotopic (exact) mass is 326 g/mol. The smallest absolute Gasteiger partial charge is 0.124 e. The van der Waals surface area contributed by atoms with Crippen LogP contribution in [0.5, 0.6) is 5.75 Å². The topological polar surface area (TPSA) is 33.7 Å². The number of nitrogens with one attached hydrogen (secondary N) is 1. The van der Waals surface area contributed by atoms with Crippen molar-refractivity contribution < 1.29 is 9.47 Å². The summed E-state index contributed by atoms with van der Waals surface area (Å²) in [4.78, 5) is 2.44. The zero-order valence-corrected chi connectivity index (χ0v) is 14.1. The SMILES string of the molecule is c1ccc(COc2ccccc2CNCCN2CCOCC2)cc1. The van der Waals surface area contributed by atoms with Crippen molar-refractivity contribution in [3.05, 3.63) is 65.7 Å². The zero-order valence-electron chi connectivity index (χ0n) is 14.1. The molecule has 0 amide bonds. The molecule has 0 atom stereocenters. The fraction of sp³-hybridized carbons (Fsp3) is 0.400. The first-order valence-electron chi connectivity index (χ1n) is 8.67. The van der Waals surface area contributed by atoms with Gasteiger partial charge < -0.3 is 14.8 Å². The van der Waals surface area contributed by atoms with Crippen molar-refractivity contribution >= 4 is 0 Å². The highest BCUT2D eigenvalue weighted by Crippen LogP contribution is 2.19. The average molecular weight is 326 g/mol. The molecule has 0 unspecified atom stereocenters. The summed E-state index contributed by atoms with van der Waals surface area (Å²) in [6.07, 6.45) is 0. The number of rotatable bonds is 8. The van der Waals surface area contributed by atoms with Gasteiger partial charge in [0.2, 0.25) is 0 Å². The normalized spacial score (nSPS) is 15.3. The maximum absolute atomic E-state index is 6.00. The molecule has 4 heteroatoms. The second-order valence-corrected chi connectivity index (χ2v) is 6.01. The lowest BCUT2D eigenvalue weighted by Crippen LogP contribution is -2.40. The molecular weight excluding hydrogens is 300 g/mol. The van der Waals surface area contributed by atoms with Gasteiger partial charge in [0.1, 0.15) is 12.4 Å². The van der Waals surface area contributed by atoms with Crippen LogP contribution >= 0.6 is 0 Å². The van der Waals surface area contributed by atoms with Gasteiger partial charge in [0.05, 0.1) is 13.2 Å². The molecule has 1 aliphatic rings. The third-order valence-corrected chi connectivity index (χ3v) is 4.23. The summed E-state index contributed by atoms with van der Waals surface area (Å²) in [6.45, 7) is 7.27. The van der Waals surface area contributed by atoms with Gasteiger partial charge in [-0.15, -0.1) is 0 Å². The quantitative estimate of drug-likeness (QED) is 0.756. The first kappa shape index (κ1) is 17.0. The Labute approximate surface area is 144 Å². The van der Waals surface area contributed by atoms with E-state index in [1.165, 1.54) is 11.1 Å². The van der Waals surface area contributed by atoms with E-state index in [1.54, 1.807) is 0 Å². The molecule has 0 saturated carbocycles. The highest BCUT2D eigenvalue weighted by molar-refractivity contribution is 5.33. The molecule has 1 heterocycles. The Hall–Kier alpha value is -1.88. The molecule has 0 aliphatic carbocycles. The molecule has 0 aromatic heterocycles. The van der Waals surface area contributed by atoms with Crippen molar-refractivity contribution in [1.29, 1.82) is 0 Å². The van der Waals surface area contributed by atoms with Crippen molar-refractivity contribution in [3.63, 3.8) is 0 Å². The average Bonchev–Trinajstić information content (AvgIpc) is 2.66. The first-order valence-corrected chi connectivity index (χ1v) is 8.67. The minimum Gasteiger partial charge on any atom is -0.489 e. The summed E-state index contributed by atoms with van der Waals surface area (Å²) in [5, 5.41) is 3.53. The van der Waals surface area contributed by atoms with Gasteiger partial charge in [0.25, 0.3) is 0 Å². The van der Waals surface area contributed by atoms with Crippen LogP contribution in [0.25, 0.3) is 0 Å². The Morgan fingerprint density at radius 1 is 0.958 bits per heavy atom. The lowest BCUT2D eigenvalue weighted by molar-refractivity contribution is 0.0384. The van der Waals surface area contributed by atoms with E-state index in [-0.39, 0.29) is 0 Å². The van der Waals surface area contributed by atoms with Crippen molar-refractivity contribution in [1.82, 2.24) is 10.2 Å². The van der Waals surface area contributed by atoms with Crippen LogP contribution in [0.3, 0.4) is 0 Å². The summed E-state index contributed by atoms with van der Waals surface area (Å²) in [7, 11) is 0. The number of benzene rings is 2. The molecule has 1 N–H and O–H groups in total. The summed E-state index contributed by atoms with van der Waals surface area (Å²) < 4.78 is 11.4. The first-order chi connectivity index (χ1) is 11.9. The fourth-order valence-electron chi connectivity index (χ4n) is 2.81. The molecule has 2 aromatic carbocycles. The molecular formula is C20H26N2O2. The highest BCUT2D eigenvalue weighted by atomic mass is 16.5. The van der Waals surface area contributed by atoms with E-state index in [0.29, 0.717) is 6.61 Å². The largest absolute Gasteiger partial charge is 0.489 e. The van der Waals surface area contributed by atoms with Crippen LogP contribution in [-0.4, -0.2) is 44.3 Å². The van der Waals surface area contributed by atoms with Crippen molar-refractivity contribution in [3.8, 4) is 5.75 Å². The second-order valence-electron chi connectivity index (χ2n) is 6.01. The molecule has 0 spiro atoms. The Bertz CT molecular complexity index is 598. The molecule has 24 heavy (non-hydrogen) atoms. The third-order valence-electron chi connectivity index (χ3n) is 4.23. The molecule has 1 fully saturated rings. The molecule has 1 aliphatic heterocycles. The van der Waals surface area contributed by atoms with E-state index in [4.69, 9.17) is 9.47 Å². The van der Waals surface area contributed by atoms with Gasteiger partial charge in [-0.3, -0.25) is 4.90 Å². The van der Waals surface area contributed by atoms with E-state index in [1.807, 2.05) is 30.3 Å². The van der Waals surface area contributed by atoms with Crippen LogP contribution in [0, 0.1) is 0 Å². The van der Waals surface area contributed by atoms with Crippen LogP contribution in [-0.2, 0) is 17.9 Å². The second kappa shape index (κ2) is 9.42. The van der Waals surface area contributed by atoms with Crippen LogP contribution in [0.2, 0.25) is 0 Å². The van der Waals surface area contributed by atoms with E-state index >= 15 is 0 Å². The van der Waals surface area contributed by atoms with E-state index < -0.39 is 0 Å². The Balaban J connectivity index is 1.45. The van der Waals surface area contributed by atoms with E-state index in [2.05, 4.69) is 34.5 Å². The Kier molecular flexibility index (Phi) is 6.66. The number of ether oxygens (including phenoxy) is 2. The predicted molar refractivity (Wildman–Crippen MR) is 96.2 cm³/mol. The summed E-state index contributed by atoms with van der Waals surface area (Å²) in [6, 6.07) is 18.5. The zero-order chi connectivity index (χ0) is 16.5. The number of nitrogens with zero attached hydrogens (tertiary/aromatic N) is 1. The molecule has 1 saturated heterocycles. The van der Waals surface area contributed by atoms with Gasteiger partial charge in [0, 0.05) is 38.3 Å². The van der Waals surface area contributed by atoms with Crippen LogP contribution in [0.15, 0.2) is 54.6 Å². The lowest BCUT2D eigenvalue weighted by atomic mass is 10.2. The number of hydrogen-bond acceptors (Lipinski definition) is 4. The van der Waals surface area contributed by atoms with Gasteiger partial charge in [0.15, 0.2) is 0 Å². The highest BCUT2D eigenvalue weighted by Gasteiger charge is 2.09. The van der Waals surface area contributed by atoms with Gasteiger partial charge >= 0.3 is 0 Å². The number of hydrogen-bond donors (Lipinski definition) is 1. The van der Waals surface area contributed by atoms with Crippen LogP contribution < -0.4 is 10.1 Å². The van der Waals surface area contributed by atoms with Gasteiger partial charge in [-0.1, -0.05) is 48.5 Å². The van der Waals surface area contributed by atoms with E-state index in [0.717, 1.165) is 51.7 Å². The maximum Gasteiger partial charge on any atom is 0.124 e. The molecule has 0 radical (unpaired) electrons. The lowest BCUT2D eigenvalue weighted by Gasteiger charge is -2.26. The van der Waals surface area contributed by atoms with Gasteiger partial charge in [-0.25, -0.2) is 0 Å². The standard InChI is InChI=1S/C20H26N2O2/c1-2-6-18(7-3-1)17-24-20-9-5-4-8-19(20)16-21-10-11-22-12-14-23-15-13-22/h1-9,21H,10-17H2. The van der Waals surface area contributed by atoms with Crippen LogP contribution in [0.1, 0.15) is 11.1 Å².